The molecular weight excluding hydrogens is 606 g/mol. The number of likely N-dealkylation sites (N-methyl/N-ethyl adjacent to an activating group) is 1. The fourth-order valence-corrected chi connectivity index (χ4v) is 6.97. The molecular formula is C39H51N3O6. The smallest absolute Gasteiger partial charge is 0.411 e. The molecule has 3 atom stereocenters. The molecule has 0 radical (unpaired) electrons. The first-order valence-electron chi connectivity index (χ1n) is 17.3. The van der Waals surface area contributed by atoms with Crippen LogP contribution in [0.25, 0.3) is 11.1 Å². The van der Waals surface area contributed by atoms with Crippen molar-refractivity contribution in [2.24, 2.45) is 11.8 Å². The Kier molecular flexibility index (Phi) is 13.4. The van der Waals surface area contributed by atoms with Crippen molar-refractivity contribution in [3.8, 4) is 11.1 Å². The molecule has 0 aromatic heterocycles. The highest BCUT2D eigenvalue weighted by Crippen LogP contribution is 2.39. The van der Waals surface area contributed by atoms with Gasteiger partial charge in [0.2, 0.25) is 5.91 Å². The normalized spacial score (nSPS) is 19.0. The van der Waals surface area contributed by atoms with E-state index < -0.39 is 6.29 Å². The van der Waals surface area contributed by atoms with E-state index in [9.17, 15) is 9.59 Å². The van der Waals surface area contributed by atoms with Crippen molar-refractivity contribution in [1.82, 2.24) is 9.80 Å². The second-order valence-electron chi connectivity index (χ2n) is 12.8. The number of hydrogen-bond acceptors (Lipinski definition) is 7. The molecule has 1 N–H and O–H groups in total. The Balaban J connectivity index is 0.959. The van der Waals surface area contributed by atoms with Crippen LogP contribution in [-0.4, -0.2) is 94.4 Å². The second-order valence-corrected chi connectivity index (χ2v) is 12.8. The van der Waals surface area contributed by atoms with Gasteiger partial charge in [0, 0.05) is 46.0 Å². The van der Waals surface area contributed by atoms with Crippen LogP contribution in [0.4, 0.5) is 10.5 Å². The highest BCUT2D eigenvalue weighted by Gasteiger charge is 2.42. The number of para-hydroxylation sites is 1. The summed E-state index contributed by atoms with van der Waals surface area (Å²) >= 11 is 0. The van der Waals surface area contributed by atoms with Crippen LogP contribution in [-0.2, 0) is 36.6 Å². The molecule has 0 spiro atoms. The van der Waals surface area contributed by atoms with Gasteiger partial charge in [-0.15, -0.1) is 0 Å². The number of fused-ring (bicyclic) bond motifs is 1. The minimum Gasteiger partial charge on any atom is -0.446 e. The summed E-state index contributed by atoms with van der Waals surface area (Å²) < 4.78 is 22.1. The number of carbonyl (C=O) groups excluding carboxylic acids is 2. The van der Waals surface area contributed by atoms with Gasteiger partial charge in [-0.25, -0.2) is 4.79 Å². The van der Waals surface area contributed by atoms with Crippen molar-refractivity contribution in [2.45, 2.75) is 51.4 Å². The fourth-order valence-electron chi connectivity index (χ4n) is 6.97. The minimum atomic E-state index is -0.419. The van der Waals surface area contributed by atoms with E-state index in [1.165, 1.54) is 11.1 Å². The highest BCUT2D eigenvalue weighted by atomic mass is 16.7. The second kappa shape index (κ2) is 18.1. The number of carbonyl (C=O) groups is 2. The van der Waals surface area contributed by atoms with Gasteiger partial charge in [0.25, 0.3) is 0 Å². The van der Waals surface area contributed by atoms with E-state index in [1.807, 2.05) is 61.5 Å². The third-order valence-corrected chi connectivity index (χ3v) is 9.67. The van der Waals surface area contributed by atoms with Gasteiger partial charge in [-0.3, -0.25) is 10.1 Å². The average molecular weight is 658 g/mol. The van der Waals surface area contributed by atoms with Gasteiger partial charge in [0.05, 0.1) is 31.9 Å². The molecule has 1 saturated heterocycles. The van der Waals surface area contributed by atoms with E-state index in [-0.39, 0.29) is 18.1 Å². The maximum absolute atomic E-state index is 12.8. The first-order valence-corrected chi connectivity index (χ1v) is 17.3. The lowest BCUT2D eigenvalue weighted by Crippen LogP contribution is -2.39. The quantitative estimate of drug-likeness (QED) is 0.135. The van der Waals surface area contributed by atoms with Crippen LogP contribution in [0, 0.1) is 11.8 Å². The molecule has 1 unspecified atom stereocenters. The first-order chi connectivity index (χ1) is 23.4. The van der Waals surface area contributed by atoms with Crippen LogP contribution in [0.15, 0.2) is 78.9 Å². The molecule has 1 saturated carbocycles. The van der Waals surface area contributed by atoms with Gasteiger partial charge in [-0.1, -0.05) is 72.8 Å². The number of methoxy groups -OCH3 is 2. The molecule has 9 nitrogen and oxygen atoms in total. The summed E-state index contributed by atoms with van der Waals surface area (Å²) in [5.41, 5.74) is 5.38. The van der Waals surface area contributed by atoms with Crippen LogP contribution >= 0.6 is 0 Å². The van der Waals surface area contributed by atoms with E-state index in [1.54, 1.807) is 19.1 Å². The molecule has 258 valence electrons. The summed E-state index contributed by atoms with van der Waals surface area (Å²) in [6, 6.07) is 26.7. The van der Waals surface area contributed by atoms with Crippen molar-refractivity contribution in [3.63, 3.8) is 0 Å². The summed E-state index contributed by atoms with van der Waals surface area (Å²) in [5.74, 6) is 1.20. The van der Waals surface area contributed by atoms with Crippen LogP contribution in [0.5, 0.6) is 0 Å². The van der Waals surface area contributed by atoms with Gasteiger partial charge in [0.15, 0.2) is 6.29 Å². The fraction of sp³-hybridized carbons (Fsp3) is 0.487. The van der Waals surface area contributed by atoms with Gasteiger partial charge < -0.3 is 28.7 Å². The van der Waals surface area contributed by atoms with Crippen molar-refractivity contribution in [2.75, 3.05) is 65.5 Å². The third-order valence-electron chi connectivity index (χ3n) is 9.67. The Morgan fingerprint density at radius 1 is 0.854 bits per heavy atom. The number of nitrogens with zero attached hydrogens (tertiary/aromatic N) is 2. The number of benzene rings is 3. The molecule has 5 rings (SSSR count). The number of likely N-dealkylation sites (tertiary alicyclic amines) is 1. The van der Waals surface area contributed by atoms with E-state index >= 15 is 0 Å². The largest absolute Gasteiger partial charge is 0.446 e. The maximum Gasteiger partial charge on any atom is 0.411 e. The number of rotatable bonds is 17. The molecule has 2 aliphatic rings. The lowest BCUT2D eigenvalue weighted by molar-refractivity contribution is -0.145. The average Bonchev–Trinajstić information content (AvgIpc) is 3.67. The minimum absolute atomic E-state index is 0.0290. The molecule has 1 aliphatic heterocycles. The zero-order valence-corrected chi connectivity index (χ0v) is 28.6. The number of nitrogens with one attached hydrogen (secondary N) is 1. The Bertz CT molecular complexity index is 1420. The molecule has 0 bridgehead atoms. The molecule has 9 heteroatoms. The van der Waals surface area contributed by atoms with Crippen LogP contribution in [0.2, 0.25) is 0 Å². The summed E-state index contributed by atoms with van der Waals surface area (Å²) in [6.07, 6.45) is 3.22. The van der Waals surface area contributed by atoms with Crippen LogP contribution in [0.3, 0.4) is 0 Å². The van der Waals surface area contributed by atoms with Crippen molar-refractivity contribution in [3.05, 3.63) is 90.0 Å². The van der Waals surface area contributed by atoms with E-state index in [0.29, 0.717) is 44.6 Å². The summed E-state index contributed by atoms with van der Waals surface area (Å²) in [5, 5.41) is 2.99. The number of hydrogen-bond donors (Lipinski definition) is 1. The SMILES string of the molecule is CCN(CC(OC)OC)C(=O)CCOCCc1ccc(CCN2C[C@H]3CC(OC(=O)Nc4ccccc4-c4ccccc4)C[C@H]3C2)cc1. The third kappa shape index (κ3) is 10.1. The molecule has 48 heavy (non-hydrogen) atoms. The van der Waals surface area contributed by atoms with Crippen molar-refractivity contribution >= 4 is 17.7 Å². The molecule has 2 fully saturated rings. The van der Waals surface area contributed by atoms with Gasteiger partial charge in [0.1, 0.15) is 6.10 Å². The van der Waals surface area contributed by atoms with E-state index in [0.717, 1.165) is 62.1 Å². The topological polar surface area (TPSA) is 89.6 Å². The maximum atomic E-state index is 12.8. The molecule has 1 aliphatic carbocycles. The number of ether oxygens (including phenoxy) is 4. The Labute approximate surface area is 285 Å². The predicted octanol–water partition coefficient (Wildman–Crippen LogP) is 6.27. The lowest BCUT2D eigenvalue weighted by atomic mass is 10.0. The number of amides is 2. The predicted molar refractivity (Wildman–Crippen MR) is 188 cm³/mol. The van der Waals surface area contributed by atoms with Crippen LogP contribution in [0.1, 0.15) is 37.3 Å². The summed E-state index contributed by atoms with van der Waals surface area (Å²) in [4.78, 5) is 29.6. The van der Waals surface area contributed by atoms with Crippen LogP contribution < -0.4 is 5.32 Å². The van der Waals surface area contributed by atoms with Gasteiger partial charge in [-0.05, 0) is 67.2 Å². The Hall–Kier alpha value is -3.76. The molecule has 3 aromatic carbocycles. The van der Waals surface area contributed by atoms with E-state index in [4.69, 9.17) is 18.9 Å². The first kappa shape index (κ1) is 35.5. The molecule has 3 aromatic rings. The Morgan fingerprint density at radius 3 is 2.17 bits per heavy atom. The van der Waals surface area contributed by atoms with Crippen molar-refractivity contribution in [1.29, 1.82) is 0 Å². The molecule has 1 heterocycles. The summed E-state index contributed by atoms with van der Waals surface area (Å²) in [7, 11) is 3.15. The van der Waals surface area contributed by atoms with Crippen molar-refractivity contribution < 1.29 is 28.5 Å². The summed E-state index contributed by atoms with van der Waals surface area (Å²) in [6.45, 7) is 7.12. The zero-order chi connectivity index (χ0) is 33.7. The Morgan fingerprint density at radius 2 is 1.50 bits per heavy atom. The standard InChI is InChI=1S/C39H51N3O6/c1-4-42(28-38(45-2)46-3)37(43)20-23-47-22-19-30-16-14-29(15-17-30)18-21-41-26-32-24-34(25-33(32)27-41)48-39(44)40-36-13-9-8-12-35(36)31-10-6-5-7-11-31/h5-17,32-34,38H,4,18-28H2,1-3H3,(H,40,44)/t32-,33+,34?. The lowest BCUT2D eigenvalue weighted by Gasteiger charge is -2.25. The number of anilines is 1. The van der Waals surface area contributed by atoms with Gasteiger partial charge in [-0.2, -0.15) is 0 Å². The molecule has 2 amide bonds. The van der Waals surface area contributed by atoms with Gasteiger partial charge >= 0.3 is 6.09 Å². The monoisotopic (exact) mass is 657 g/mol. The zero-order valence-electron chi connectivity index (χ0n) is 28.6. The van der Waals surface area contributed by atoms with E-state index in [2.05, 4.69) is 34.5 Å². The highest BCUT2D eigenvalue weighted by molar-refractivity contribution is 5.91.